The summed E-state index contributed by atoms with van der Waals surface area (Å²) in [5, 5.41) is 8.04. The van der Waals surface area contributed by atoms with Gasteiger partial charge in [0, 0.05) is 6.54 Å². The van der Waals surface area contributed by atoms with Crippen molar-refractivity contribution in [3.8, 4) is 0 Å². The maximum absolute atomic E-state index is 5.78. The Hall–Kier alpha value is -1.06. The zero-order valence-electron chi connectivity index (χ0n) is 10.0. The first-order valence-electron chi connectivity index (χ1n) is 5.86. The number of anilines is 1. The van der Waals surface area contributed by atoms with Gasteiger partial charge in [-0.25, -0.2) is 4.68 Å². The second-order valence-corrected chi connectivity index (χ2v) is 4.25. The van der Waals surface area contributed by atoms with Gasteiger partial charge in [-0.05, 0) is 18.8 Å². The summed E-state index contributed by atoms with van der Waals surface area (Å²) in [6.45, 7) is 7.54. The zero-order chi connectivity index (χ0) is 11.3. The molecule has 1 unspecified atom stereocenters. The van der Waals surface area contributed by atoms with Crippen molar-refractivity contribution in [2.75, 3.05) is 5.73 Å². The first kappa shape index (κ1) is 12.0. The molecule has 4 heteroatoms. The maximum atomic E-state index is 5.78. The standard InChI is InChI=1S/C11H22N4/c1-4-6-9(3)8-15-10(7-5-2)11(12)13-14-15/h9H,4-8,12H2,1-3H3. The van der Waals surface area contributed by atoms with Gasteiger partial charge in [0.05, 0.1) is 5.69 Å². The van der Waals surface area contributed by atoms with Gasteiger partial charge in [0.25, 0.3) is 0 Å². The van der Waals surface area contributed by atoms with E-state index in [0.29, 0.717) is 11.7 Å². The van der Waals surface area contributed by atoms with Crippen LogP contribution >= 0.6 is 0 Å². The quantitative estimate of drug-likeness (QED) is 0.783. The molecule has 15 heavy (non-hydrogen) atoms. The van der Waals surface area contributed by atoms with Crippen LogP contribution in [-0.2, 0) is 13.0 Å². The molecule has 0 fully saturated rings. The molecule has 0 aliphatic heterocycles. The summed E-state index contributed by atoms with van der Waals surface area (Å²) in [6.07, 6.45) is 4.50. The van der Waals surface area contributed by atoms with Crippen LogP contribution in [0.25, 0.3) is 0 Å². The van der Waals surface area contributed by atoms with Crippen molar-refractivity contribution in [3.05, 3.63) is 5.69 Å². The molecule has 0 bridgehead atoms. The van der Waals surface area contributed by atoms with E-state index in [1.165, 1.54) is 12.8 Å². The lowest BCUT2D eigenvalue weighted by Gasteiger charge is -2.11. The van der Waals surface area contributed by atoms with Gasteiger partial charge in [0.1, 0.15) is 0 Å². The Morgan fingerprint density at radius 2 is 2.07 bits per heavy atom. The number of rotatable bonds is 6. The first-order chi connectivity index (χ1) is 7.19. The molecule has 0 amide bonds. The number of aromatic nitrogens is 3. The molecule has 0 spiro atoms. The highest BCUT2D eigenvalue weighted by Crippen LogP contribution is 2.14. The number of nitrogen functional groups attached to an aromatic ring is 1. The lowest BCUT2D eigenvalue weighted by Crippen LogP contribution is -2.12. The minimum Gasteiger partial charge on any atom is -0.381 e. The predicted octanol–water partition coefficient (Wildman–Crippen LogP) is 2.25. The van der Waals surface area contributed by atoms with Gasteiger partial charge in [-0.3, -0.25) is 0 Å². The summed E-state index contributed by atoms with van der Waals surface area (Å²) < 4.78 is 1.97. The van der Waals surface area contributed by atoms with Crippen molar-refractivity contribution in [2.24, 2.45) is 5.92 Å². The fourth-order valence-corrected chi connectivity index (χ4v) is 1.87. The molecular weight excluding hydrogens is 188 g/mol. The van der Waals surface area contributed by atoms with Crippen LogP contribution in [0.2, 0.25) is 0 Å². The number of nitrogens with two attached hydrogens (primary N) is 1. The van der Waals surface area contributed by atoms with E-state index in [1.807, 2.05) is 4.68 Å². The van der Waals surface area contributed by atoms with Crippen molar-refractivity contribution in [1.29, 1.82) is 0 Å². The first-order valence-corrected chi connectivity index (χ1v) is 5.86. The molecule has 0 saturated carbocycles. The molecule has 4 nitrogen and oxygen atoms in total. The summed E-state index contributed by atoms with van der Waals surface area (Å²) in [7, 11) is 0. The Balaban J connectivity index is 2.67. The normalized spacial score (nSPS) is 13.0. The maximum Gasteiger partial charge on any atom is 0.169 e. The summed E-state index contributed by atoms with van der Waals surface area (Å²) >= 11 is 0. The summed E-state index contributed by atoms with van der Waals surface area (Å²) in [4.78, 5) is 0. The average Bonchev–Trinajstić information content (AvgIpc) is 2.51. The summed E-state index contributed by atoms with van der Waals surface area (Å²) in [5.74, 6) is 1.24. The molecular formula is C11H22N4. The van der Waals surface area contributed by atoms with E-state index in [4.69, 9.17) is 5.73 Å². The SMILES string of the molecule is CCCc1c(N)nnn1CC(C)CCC. The van der Waals surface area contributed by atoms with E-state index in [-0.39, 0.29) is 0 Å². The third-order valence-electron chi connectivity index (χ3n) is 2.62. The third-order valence-corrected chi connectivity index (χ3v) is 2.62. The summed E-state index contributed by atoms with van der Waals surface area (Å²) in [6, 6.07) is 0. The van der Waals surface area contributed by atoms with Crippen LogP contribution in [0, 0.1) is 5.92 Å². The molecule has 0 radical (unpaired) electrons. The lowest BCUT2D eigenvalue weighted by atomic mass is 10.1. The number of hydrogen-bond donors (Lipinski definition) is 1. The molecule has 1 atom stereocenters. The van der Waals surface area contributed by atoms with Gasteiger partial charge in [-0.1, -0.05) is 38.8 Å². The zero-order valence-corrected chi connectivity index (χ0v) is 10.0. The Morgan fingerprint density at radius 3 is 2.67 bits per heavy atom. The third kappa shape index (κ3) is 3.22. The summed E-state index contributed by atoms with van der Waals surface area (Å²) in [5.41, 5.74) is 6.88. The van der Waals surface area contributed by atoms with Crippen LogP contribution < -0.4 is 5.73 Å². The van der Waals surface area contributed by atoms with E-state index in [1.54, 1.807) is 0 Å². The fourth-order valence-electron chi connectivity index (χ4n) is 1.87. The van der Waals surface area contributed by atoms with Crippen LogP contribution in [0.3, 0.4) is 0 Å². The van der Waals surface area contributed by atoms with Crippen LogP contribution in [0.4, 0.5) is 5.82 Å². The molecule has 86 valence electrons. The van der Waals surface area contributed by atoms with E-state index < -0.39 is 0 Å². The molecule has 0 aromatic carbocycles. The van der Waals surface area contributed by atoms with Crippen molar-refractivity contribution in [2.45, 2.75) is 53.0 Å². The minimum atomic E-state index is 0.598. The highest BCUT2D eigenvalue weighted by atomic mass is 15.4. The van der Waals surface area contributed by atoms with Gasteiger partial charge < -0.3 is 5.73 Å². The molecule has 1 heterocycles. The molecule has 0 aliphatic carbocycles. The number of nitrogens with zero attached hydrogens (tertiary/aromatic N) is 3. The molecule has 2 N–H and O–H groups in total. The van der Waals surface area contributed by atoms with E-state index in [9.17, 15) is 0 Å². The second-order valence-electron chi connectivity index (χ2n) is 4.25. The molecule has 1 aromatic heterocycles. The second kappa shape index (κ2) is 5.73. The fraction of sp³-hybridized carbons (Fsp3) is 0.818. The Labute approximate surface area is 91.9 Å². The van der Waals surface area contributed by atoms with E-state index in [2.05, 4.69) is 31.1 Å². The molecule has 0 aliphatic rings. The Bertz CT molecular complexity index is 293. The van der Waals surface area contributed by atoms with Crippen molar-refractivity contribution in [3.63, 3.8) is 0 Å². The average molecular weight is 210 g/mol. The van der Waals surface area contributed by atoms with Crippen LogP contribution in [0.1, 0.15) is 45.7 Å². The van der Waals surface area contributed by atoms with Crippen LogP contribution in [-0.4, -0.2) is 15.0 Å². The van der Waals surface area contributed by atoms with Crippen LogP contribution in [0.15, 0.2) is 0 Å². The lowest BCUT2D eigenvalue weighted by molar-refractivity contribution is 0.404. The largest absolute Gasteiger partial charge is 0.381 e. The molecule has 1 rings (SSSR count). The topological polar surface area (TPSA) is 56.7 Å². The number of hydrogen-bond acceptors (Lipinski definition) is 3. The van der Waals surface area contributed by atoms with Gasteiger partial charge >= 0.3 is 0 Å². The van der Waals surface area contributed by atoms with E-state index >= 15 is 0 Å². The van der Waals surface area contributed by atoms with Gasteiger partial charge in [-0.15, -0.1) is 5.10 Å². The highest BCUT2D eigenvalue weighted by molar-refractivity contribution is 5.32. The van der Waals surface area contributed by atoms with Crippen molar-refractivity contribution < 1.29 is 0 Å². The van der Waals surface area contributed by atoms with Gasteiger partial charge in [-0.2, -0.15) is 0 Å². The smallest absolute Gasteiger partial charge is 0.169 e. The van der Waals surface area contributed by atoms with Crippen LogP contribution in [0.5, 0.6) is 0 Å². The Morgan fingerprint density at radius 1 is 1.33 bits per heavy atom. The monoisotopic (exact) mass is 210 g/mol. The van der Waals surface area contributed by atoms with E-state index in [0.717, 1.165) is 25.1 Å². The Kier molecular flexibility index (Phi) is 4.59. The van der Waals surface area contributed by atoms with Gasteiger partial charge in [0.2, 0.25) is 0 Å². The van der Waals surface area contributed by atoms with Crippen molar-refractivity contribution >= 4 is 5.82 Å². The predicted molar refractivity (Wildman–Crippen MR) is 62.5 cm³/mol. The minimum absolute atomic E-state index is 0.598. The van der Waals surface area contributed by atoms with Crippen molar-refractivity contribution in [1.82, 2.24) is 15.0 Å². The highest BCUT2D eigenvalue weighted by Gasteiger charge is 2.11. The molecule has 0 saturated heterocycles. The molecule has 1 aromatic rings. The van der Waals surface area contributed by atoms with Gasteiger partial charge in [0.15, 0.2) is 5.82 Å².